The Morgan fingerprint density at radius 1 is 0.977 bits per heavy atom. The lowest BCUT2D eigenvalue weighted by atomic mass is 9.95. The van der Waals surface area contributed by atoms with Gasteiger partial charge >= 0.3 is 0 Å². The number of benzene rings is 3. The topological polar surface area (TPSA) is 89.3 Å². The summed E-state index contributed by atoms with van der Waals surface area (Å²) in [5.74, 6) is -0.409. The van der Waals surface area contributed by atoms with Crippen LogP contribution in [0.1, 0.15) is 41.4 Å². The molecule has 0 spiro atoms. The Kier molecular flexibility index (Phi) is 7.37. The zero-order valence-corrected chi connectivity index (χ0v) is 24.8. The fourth-order valence-electron chi connectivity index (χ4n) is 6.16. The Morgan fingerprint density at radius 3 is 2.59 bits per heavy atom. The van der Waals surface area contributed by atoms with Gasteiger partial charge in [0.25, 0.3) is 0 Å². The molecule has 4 heterocycles. The normalized spacial score (nSPS) is 16.2. The van der Waals surface area contributed by atoms with Gasteiger partial charge in [-0.25, -0.2) is 4.98 Å². The molecule has 0 bridgehead atoms. The third-order valence-corrected chi connectivity index (χ3v) is 8.38. The summed E-state index contributed by atoms with van der Waals surface area (Å²) in [6.07, 6.45) is 7.62. The quantitative estimate of drug-likeness (QED) is 0.241. The lowest BCUT2D eigenvalue weighted by Gasteiger charge is -2.23. The third-order valence-electron chi connectivity index (χ3n) is 8.38. The standard InChI is InChI=1S/C36H33N5O3/c1-23(42)41-34-9-4-3-8-30(34)36(43)35(41)19-29-18-31(26-7-5-6-25(17-26)27-21-38-40(2)22-27)32-16-24(10-11-33(32)39-29)20-37-28-12-14-44-15-13-28/h3-11,16-19,21-22,28,37H,12-15,20H2,1-2H3/b35-19-. The number of anilines is 1. The van der Waals surface area contributed by atoms with Gasteiger partial charge in [0.1, 0.15) is 0 Å². The number of Topliss-reactive ketones (excluding diaryl/α,β-unsaturated/α-hetero) is 1. The number of aryl methyl sites for hydroxylation is 1. The number of fused-ring (bicyclic) bond motifs is 2. The first kappa shape index (κ1) is 27.9. The molecule has 0 aliphatic carbocycles. The summed E-state index contributed by atoms with van der Waals surface area (Å²) in [5, 5.41) is 9.06. The number of amides is 1. The van der Waals surface area contributed by atoms with Crippen LogP contribution in [0, 0.1) is 0 Å². The lowest BCUT2D eigenvalue weighted by Crippen LogP contribution is -2.34. The van der Waals surface area contributed by atoms with E-state index in [9.17, 15) is 9.59 Å². The van der Waals surface area contributed by atoms with Crippen LogP contribution in [0.15, 0.2) is 90.9 Å². The highest BCUT2D eigenvalue weighted by molar-refractivity contribution is 6.26. The predicted octanol–water partition coefficient (Wildman–Crippen LogP) is 6.16. The molecule has 1 amide bonds. The average Bonchev–Trinajstić information content (AvgIpc) is 3.61. The molecule has 0 radical (unpaired) electrons. The second kappa shape index (κ2) is 11.6. The van der Waals surface area contributed by atoms with Gasteiger partial charge in [0, 0.05) is 62.5 Å². The monoisotopic (exact) mass is 583 g/mol. The molecule has 0 atom stereocenters. The van der Waals surface area contributed by atoms with E-state index in [-0.39, 0.29) is 11.7 Å². The summed E-state index contributed by atoms with van der Waals surface area (Å²) in [5.41, 5.74) is 8.12. The van der Waals surface area contributed by atoms with Crippen molar-refractivity contribution in [3.05, 3.63) is 108 Å². The van der Waals surface area contributed by atoms with Gasteiger partial charge in [0.15, 0.2) is 0 Å². The van der Waals surface area contributed by atoms with Crippen LogP contribution in [0.5, 0.6) is 0 Å². The van der Waals surface area contributed by atoms with E-state index >= 15 is 0 Å². The molecule has 3 aromatic carbocycles. The molecule has 2 aliphatic heterocycles. The second-order valence-corrected chi connectivity index (χ2v) is 11.4. The van der Waals surface area contributed by atoms with E-state index in [1.54, 1.807) is 22.9 Å². The van der Waals surface area contributed by atoms with E-state index in [2.05, 4.69) is 40.7 Å². The van der Waals surface area contributed by atoms with Gasteiger partial charge in [-0.3, -0.25) is 19.2 Å². The van der Waals surface area contributed by atoms with E-state index in [4.69, 9.17) is 9.72 Å². The van der Waals surface area contributed by atoms with Crippen LogP contribution in [0.2, 0.25) is 0 Å². The van der Waals surface area contributed by atoms with Crippen LogP contribution in [0.3, 0.4) is 0 Å². The van der Waals surface area contributed by atoms with E-state index < -0.39 is 0 Å². The minimum absolute atomic E-state index is 0.188. The fourth-order valence-corrected chi connectivity index (χ4v) is 6.16. The smallest absolute Gasteiger partial charge is 0.228 e. The van der Waals surface area contributed by atoms with Gasteiger partial charge in [0.05, 0.1) is 28.8 Å². The van der Waals surface area contributed by atoms with Crippen molar-refractivity contribution in [2.75, 3.05) is 18.1 Å². The number of allylic oxidation sites excluding steroid dienone is 1. The molecule has 1 fully saturated rings. The van der Waals surface area contributed by atoms with Gasteiger partial charge in [-0.05, 0) is 77.6 Å². The summed E-state index contributed by atoms with van der Waals surface area (Å²) >= 11 is 0. The maximum absolute atomic E-state index is 13.5. The minimum atomic E-state index is -0.221. The lowest BCUT2D eigenvalue weighted by molar-refractivity contribution is -0.116. The Bertz CT molecular complexity index is 1940. The highest BCUT2D eigenvalue weighted by atomic mass is 16.5. The molecule has 8 nitrogen and oxygen atoms in total. The number of ketones is 1. The molecular formula is C36H33N5O3. The van der Waals surface area contributed by atoms with Crippen molar-refractivity contribution in [2.24, 2.45) is 7.05 Å². The number of carbonyl (C=O) groups excluding carboxylic acids is 2. The van der Waals surface area contributed by atoms with Gasteiger partial charge in [-0.2, -0.15) is 5.10 Å². The van der Waals surface area contributed by atoms with Gasteiger partial charge in [-0.15, -0.1) is 0 Å². The molecule has 220 valence electrons. The number of aromatic nitrogens is 3. The van der Waals surface area contributed by atoms with E-state index in [1.165, 1.54) is 17.4 Å². The van der Waals surface area contributed by atoms with E-state index in [0.717, 1.165) is 65.8 Å². The molecule has 1 N–H and O–H groups in total. The summed E-state index contributed by atoms with van der Waals surface area (Å²) in [6, 6.07) is 24.4. The number of hydrogen-bond donors (Lipinski definition) is 1. The first-order chi connectivity index (χ1) is 21.4. The minimum Gasteiger partial charge on any atom is -0.381 e. The van der Waals surface area contributed by atoms with E-state index in [1.807, 2.05) is 49.8 Å². The van der Waals surface area contributed by atoms with Crippen LogP contribution in [-0.2, 0) is 23.1 Å². The summed E-state index contributed by atoms with van der Waals surface area (Å²) in [4.78, 5) is 32.7. The molecule has 7 rings (SSSR count). The number of carbonyl (C=O) groups is 2. The number of ether oxygens (including phenoxy) is 1. The SMILES string of the molecule is CC(=O)N1/C(=C\c2cc(-c3cccc(-c4cnn(C)c4)c3)c3cc(CNC4CCOCC4)ccc3n2)C(=O)c2ccccc21. The molecule has 44 heavy (non-hydrogen) atoms. The van der Waals surface area contributed by atoms with Crippen molar-refractivity contribution in [3.8, 4) is 22.3 Å². The van der Waals surface area contributed by atoms with Crippen molar-refractivity contribution in [2.45, 2.75) is 32.4 Å². The van der Waals surface area contributed by atoms with Crippen LogP contribution in [-0.4, -0.2) is 45.7 Å². The Balaban J connectivity index is 1.34. The van der Waals surface area contributed by atoms with Crippen LogP contribution in [0.4, 0.5) is 5.69 Å². The molecule has 5 aromatic rings. The molecule has 0 unspecified atom stereocenters. The summed E-state index contributed by atoms with van der Waals surface area (Å²) in [7, 11) is 1.91. The second-order valence-electron chi connectivity index (χ2n) is 11.4. The van der Waals surface area contributed by atoms with Crippen molar-refractivity contribution in [3.63, 3.8) is 0 Å². The molecule has 1 saturated heterocycles. The average molecular weight is 584 g/mol. The zero-order chi connectivity index (χ0) is 30.2. The summed E-state index contributed by atoms with van der Waals surface area (Å²) in [6.45, 7) is 3.82. The van der Waals surface area contributed by atoms with Crippen molar-refractivity contribution < 1.29 is 14.3 Å². The van der Waals surface area contributed by atoms with Gasteiger partial charge in [-0.1, -0.05) is 36.4 Å². The number of nitrogens with zero attached hydrogens (tertiary/aromatic N) is 4. The molecule has 0 saturated carbocycles. The highest BCUT2D eigenvalue weighted by Gasteiger charge is 2.34. The largest absolute Gasteiger partial charge is 0.381 e. The van der Waals surface area contributed by atoms with Gasteiger partial charge < -0.3 is 10.1 Å². The summed E-state index contributed by atoms with van der Waals surface area (Å²) < 4.78 is 7.31. The number of nitrogens with one attached hydrogen (secondary N) is 1. The van der Waals surface area contributed by atoms with Crippen molar-refractivity contribution >= 4 is 34.4 Å². The molecule has 8 heteroatoms. The molecular weight excluding hydrogens is 550 g/mol. The number of hydrogen-bond acceptors (Lipinski definition) is 6. The van der Waals surface area contributed by atoms with Crippen molar-refractivity contribution in [1.82, 2.24) is 20.1 Å². The maximum Gasteiger partial charge on any atom is 0.228 e. The fraction of sp³-hybridized carbons (Fsp3) is 0.222. The zero-order valence-electron chi connectivity index (χ0n) is 24.8. The van der Waals surface area contributed by atoms with Crippen LogP contribution in [0.25, 0.3) is 39.2 Å². The highest BCUT2D eigenvalue weighted by Crippen LogP contribution is 2.37. The predicted molar refractivity (Wildman–Crippen MR) is 172 cm³/mol. The number of rotatable bonds is 6. The first-order valence-electron chi connectivity index (χ1n) is 14.9. The molecule has 2 aromatic heterocycles. The maximum atomic E-state index is 13.5. The third kappa shape index (κ3) is 5.34. The Labute approximate surface area is 256 Å². The van der Waals surface area contributed by atoms with Crippen LogP contribution >= 0.6 is 0 Å². The van der Waals surface area contributed by atoms with Crippen LogP contribution < -0.4 is 10.2 Å². The van der Waals surface area contributed by atoms with E-state index in [0.29, 0.717) is 28.7 Å². The number of pyridine rings is 1. The Morgan fingerprint density at radius 2 is 1.80 bits per heavy atom. The molecule has 2 aliphatic rings. The Hall–Kier alpha value is -4.92. The first-order valence-corrected chi connectivity index (χ1v) is 14.9. The number of para-hydroxylation sites is 1. The van der Waals surface area contributed by atoms with Gasteiger partial charge in [0.2, 0.25) is 11.7 Å². The van der Waals surface area contributed by atoms with Crippen molar-refractivity contribution in [1.29, 1.82) is 0 Å².